The SMILES string of the molecule is O=C(NC1CCN(C(=O)c2cc(F)c(Cl)cc2Cl)CC1)c1ccccc1. The van der Waals surface area contributed by atoms with Crippen molar-refractivity contribution in [3.05, 3.63) is 69.5 Å². The van der Waals surface area contributed by atoms with Crippen molar-refractivity contribution in [2.24, 2.45) is 0 Å². The van der Waals surface area contributed by atoms with Crippen LogP contribution in [0.25, 0.3) is 0 Å². The van der Waals surface area contributed by atoms with Gasteiger partial charge in [0.15, 0.2) is 0 Å². The van der Waals surface area contributed by atoms with E-state index in [1.54, 1.807) is 17.0 Å². The van der Waals surface area contributed by atoms with Crippen LogP contribution in [0.2, 0.25) is 10.0 Å². The van der Waals surface area contributed by atoms with Crippen molar-refractivity contribution >= 4 is 35.0 Å². The predicted molar refractivity (Wildman–Crippen MR) is 99.3 cm³/mol. The van der Waals surface area contributed by atoms with Crippen LogP contribution in [0.1, 0.15) is 33.6 Å². The molecular weight excluding hydrogens is 378 g/mol. The van der Waals surface area contributed by atoms with Crippen LogP contribution < -0.4 is 5.32 Å². The molecular formula is C19H17Cl2FN2O2. The summed E-state index contributed by atoms with van der Waals surface area (Å²) in [6, 6.07) is 11.3. The van der Waals surface area contributed by atoms with Crippen molar-refractivity contribution in [1.29, 1.82) is 0 Å². The van der Waals surface area contributed by atoms with E-state index < -0.39 is 5.82 Å². The maximum absolute atomic E-state index is 13.6. The van der Waals surface area contributed by atoms with Gasteiger partial charge in [0.1, 0.15) is 5.82 Å². The topological polar surface area (TPSA) is 49.4 Å². The molecule has 136 valence electrons. The van der Waals surface area contributed by atoms with Gasteiger partial charge >= 0.3 is 0 Å². The van der Waals surface area contributed by atoms with Crippen LogP contribution in [-0.2, 0) is 0 Å². The van der Waals surface area contributed by atoms with E-state index in [1.165, 1.54) is 6.07 Å². The number of amides is 2. The fourth-order valence-electron chi connectivity index (χ4n) is 2.94. The monoisotopic (exact) mass is 394 g/mol. The summed E-state index contributed by atoms with van der Waals surface area (Å²) in [4.78, 5) is 26.4. The van der Waals surface area contributed by atoms with Crippen LogP contribution in [0.5, 0.6) is 0 Å². The normalized spacial score (nSPS) is 15.0. The predicted octanol–water partition coefficient (Wildman–Crippen LogP) is 4.17. The van der Waals surface area contributed by atoms with Crippen molar-refractivity contribution < 1.29 is 14.0 Å². The minimum Gasteiger partial charge on any atom is -0.349 e. The van der Waals surface area contributed by atoms with Gasteiger partial charge in [-0.15, -0.1) is 0 Å². The highest BCUT2D eigenvalue weighted by atomic mass is 35.5. The first-order valence-corrected chi connectivity index (χ1v) is 9.01. The molecule has 0 aromatic heterocycles. The summed E-state index contributed by atoms with van der Waals surface area (Å²) in [6.07, 6.45) is 1.25. The quantitative estimate of drug-likeness (QED) is 0.794. The molecule has 1 N–H and O–H groups in total. The van der Waals surface area contributed by atoms with Gasteiger partial charge in [-0.2, -0.15) is 0 Å². The van der Waals surface area contributed by atoms with Crippen LogP contribution in [0, 0.1) is 5.82 Å². The largest absolute Gasteiger partial charge is 0.349 e. The van der Waals surface area contributed by atoms with Crippen LogP contribution in [-0.4, -0.2) is 35.8 Å². The van der Waals surface area contributed by atoms with Crippen LogP contribution in [0.15, 0.2) is 42.5 Å². The van der Waals surface area contributed by atoms with E-state index in [1.807, 2.05) is 18.2 Å². The molecule has 0 bridgehead atoms. The van der Waals surface area contributed by atoms with E-state index in [0.29, 0.717) is 31.5 Å². The molecule has 0 radical (unpaired) electrons. The highest BCUT2D eigenvalue weighted by Gasteiger charge is 2.26. The van der Waals surface area contributed by atoms with Gasteiger partial charge in [0.05, 0.1) is 15.6 Å². The number of hydrogen-bond acceptors (Lipinski definition) is 2. The van der Waals surface area contributed by atoms with Crippen LogP contribution in [0.4, 0.5) is 4.39 Å². The molecule has 0 unspecified atom stereocenters. The van der Waals surface area contributed by atoms with Gasteiger partial charge in [-0.3, -0.25) is 9.59 Å². The molecule has 2 aromatic carbocycles. The van der Waals surface area contributed by atoms with Crippen molar-refractivity contribution in [3.63, 3.8) is 0 Å². The molecule has 7 heteroatoms. The number of likely N-dealkylation sites (tertiary alicyclic amines) is 1. The van der Waals surface area contributed by atoms with E-state index in [4.69, 9.17) is 23.2 Å². The second-order valence-corrected chi connectivity index (χ2v) is 6.97. The Morgan fingerprint density at radius 3 is 2.35 bits per heavy atom. The molecule has 1 heterocycles. The maximum atomic E-state index is 13.6. The van der Waals surface area contributed by atoms with Crippen LogP contribution in [0.3, 0.4) is 0 Å². The number of rotatable bonds is 3. The average Bonchev–Trinajstić information content (AvgIpc) is 2.65. The average molecular weight is 395 g/mol. The minimum absolute atomic E-state index is 0.0100. The lowest BCUT2D eigenvalue weighted by molar-refractivity contribution is 0.0698. The fourth-order valence-corrected chi connectivity index (χ4v) is 3.41. The molecule has 4 nitrogen and oxygen atoms in total. The van der Waals surface area contributed by atoms with E-state index in [0.717, 1.165) is 6.07 Å². The van der Waals surface area contributed by atoms with Gasteiger partial charge in [0.2, 0.25) is 0 Å². The Kier molecular flexibility index (Phi) is 5.79. The molecule has 2 aromatic rings. The summed E-state index contributed by atoms with van der Waals surface area (Å²) < 4.78 is 13.6. The third kappa shape index (κ3) is 4.17. The standard InChI is InChI=1S/C19H17Cl2FN2O2/c20-15-11-16(21)17(22)10-14(15)19(26)24-8-6-13(7-9-24)23-18(25)12-4-2-1-3-5-12/h1-5,10-11,13H,6-9H2,(H,23,25). The van der Waals surface area contributed by atoms with Crippen molar-refractivity contribution in [2.75, 3.05) is 13.1 Å². The summed E-state index contributed by atoms with van der Waals surface area (Å²) >= 11 is 11.7. The molecule has 1 aliphatic rings. The first-order valence-electron chi connectivity index (χ1n) is 8.25. The zero-order valence-corrected chi connectivity index (χ0v) is 15.4. The van der Waals surface area contributed by atoms with Gasteiger partial charge in [-0.05, 0) is 37.1 Å². The summed E-state index contributed by atoms with van der Waals surface area (Å²) in [5.41, 5.74) is 0.703. The third-order valence-corrected chi connectivity index (χ3v) is 5.00. The van der Waals surface area contributed by atoms with Gasteiger partial charge in [-0.25, -0.2) is 4.39 Å². The van der Waals surface area contributed by atoms with E-state index in [2.05, 4.69) is 5.32 Å². The number of halogens is 3. The van der Waals surface area contributed by atoms with Crippen molar-refractivity contribution in [1.82, 2.24) is 10.2 Å². The summed E-state index contributed by atoms with van der Waals surface area (Å²) in [5, 5.41) is 2.99. The lowest BCUT2D eigenvalue weighted by Gasteiger charge is -2.32. The Bertz CT molecular complexity index is 822. The maximum Gasteiger partial charge on any atom is 0.255 e. The van der Waals surface area contributed by atoms with Gasteiger partial charge in [0.25, 0.3) is 11.8 Å². The Morgan fingerprint density at radius 2 is 1.69 bits per heavy atom. The van der Waals surface area contributed by atoms with Crippen molar-refractivity contribution in [2.45, 2.75) is 18.9 Å². The van der Waals surface area contributed by atoms with E-state index in [9.17, 15) is 14.0 Å². The molecule has 1 fully saturated rings. The van der Waals surface area contributed by atoms with E-state index >= 15 is 0 Å². The molecule has 0 saturated carbocycles. The van der Waals surface area contributed by atoms with Gasteiger partial charge < -0.3 is 10.2 Å². The molecule has 0 spiro atoms. The lowest BCUT2D eigenvalue weighted by Crippen LogP contribution is -2.46. The molecule has 3 rings (SSSR count). The first-order chi connectivity index (χ1) is 12.5. The number of hydrogen-bond donors (Lipinski definition) is 1. The minimum atomic E-state index is -0.676. The second-order valence-electron chi connectivity index (χ2n) is 6.15. The van der Waals surface area contributed by atoms with Crippen LogP contribution >= 0.6 is 23.2 Å². The zero-order chi connectivity index (χ0) is 18.7. The Morgan fingerprint density at radius 1 is 1.04 bits per heavy atom. The molecule has 2 amide bonds. The number of nitrogens with zero attached hydrogens (tertiary/aromatic N) is 1. The number of carbonyl (C=O) groups is 2. The Labute approximate surface area is 160 Å². The number of benzene rings is 2. The van der Waals surface area contributed by atoms with E-state index in [-0.39, 0.29) is 33.5 Å². The lowest BCUT2D eigenvalue weighted by atomic mass is 10.0. The third-order valence-electron chi connectivity index (χ3n) is 4.39. The highest BCUT2D eigenvalue weighted by molar-refractivity contribution is 6.36. The number of piperidine rings is 1. The summed E-state index contributed by atoms with van der Waals surface area (Å²) in [6.45, 7) is 0.915. The number of nitrogens with one attached hydrogen (secondary N) is 1. The fraction of sp³-hybridized carbons (Fsp3) is 0.263. The van der Waals surface area contributed by atoms with Crippen molar-refractivity contribution in [3.8, 4) is 0 Å². The first kappa shape index (κ1) is 18.7. The molecule has 0 aliphatic carbocycles. The van der Waals surface area contributed by atoms with Gasteiger partial charge in [0, 0.05) is 24.7 Å². The summed E-state index contributed by atoms with van der Waals surface area (Å²) in [5.74, 6) is -1.14. The zero-order valence-electron chi connectivity index (χ0n) is 13.8. The van der Waals surface area contributed by atoms with Gasteiger partial charge in [-0.1, -0.05) is 41.4 Å². The smallest absolute Gasteiger partial charge is 0.255 e. The highest BCUT2D eigenvalue weighted by Crippen LogP contribution is 2.26. The second kappa shape index (κ2) is 8.06. The molecule has 1 saturated heterocycles. The number of carbonyl (C=O) groups excluding carboxylic acids is 2. The summed E-state index contributed by atoms with van der Waals surface area (Å²) in [7, 11) is 0. The molecule has 26 heavy (non-hydrogen) atoms. The Hall–Kier alpha value is -2.11. The molecule has 1 aliphatic heterocycles. The Balaban J connectivity index is 1.59. The molecule has 0 atom stereocenters.